The van der Waals surface area contributed by atoms with Crippen LogP contribution in [0.4, 0.5) is 10.2 Å². The lowest BCUT2D eigenvalue weighted by Gasteiger charge is -2.22. The Bertz CT molecular complexity index is 1490. The van der Waals surface area contributed by atoms with Crippen LogP contribution in [0.25, 0.3) is 27.6 Å². The van der Waals surface area contributed by atoms with Crippen LogP contribution in [0.3, 0.4) is 0 Å². The van der Waals surface area contributed by atoms with E-state index in [-0.39, 0.29) is 11.6 Å². The van der Waals surface area contributed by atoms with Crippen LogP contribution in [0, 0.1) is 12.7 Å². The summed E-state index contributed by atoms with van der Waals surface area (Å²) in [5.41, 5.74) is 3.03. The number of nitrogens with one attached hydrogen (secondary N) is 2. The van der Waals surface area contributed by atoms with E-state index in [0.717, 1.165) is 10.9 Å². The molecule has 7 nitrogen and oxygen atoms in total. The second kappa shape index (κ2) is 7.32. The Morgan fingerprint density at radius 1 is 1.10 bits per heavy atom. The van der Waals surface area contributed by atoms with E-state index in [4.69, 9.17) is 0 Å². The van der Waals surface area contributed by atoms with Gasteiger partial charge in [-0.25, -0.2) is 19.3 Å². The maximum Gasteiger partial charge on any atom is 0.263 e. The number of halogens is 1. The van der Waals surface area contributed by atoms with E-state index in [9.17, 15) is 9.18 Å². The molecular weight excluding hydrogens is 395 g/mol. The lowest BCUT2D eigenvalue weighted by molar-refractivity contribution is 0.625. The minimum atomic E-state index is -0.408. The average Bonchev–Trinajstić information content (AvgIpc) is 3.23. The van der Waals surface area contributed by atoms with Crippen molar-refractivity contribution >= 4 is 27.8 Å². The van der Waals surface area contributed by atoms with E-state index in [0.29, 0.717) is 33.7 Å². The van der Waals surface area contributed by atoms with Crippen LogP contribution in [0.15, 0.2) is 66.0 Å². The second-order valence-corrected chi connectivity index (χ2v) is 7.42. The van der Waals surface area contributed by atoms with Crippen molar-refractivity contribution < 1.29 is 4.39 Å². The summed E-state index contributed by atoms with van der Waals surface area (Å²) in [6, 6.07) is 13.4. The second-order valence-electron chi connectivity index (χ2n) is 7.42. The van der Waals surface area contributed by atoms with Crippen LogP contribution in [0.1, 0.15) is 24.2 Å². The van der Waals surface area contributed by atoms with Crippen molar-refractivity contribution in [1.29, 1.82) is 0 Å². The zero-order chi connectivity index (χ0) is 21.5. The molecule has 2 aromatic carbocycles. The number of aryl methyl sites for hydroxylation is 1. The summed E-state index contributed by atoms with van der Waals surface area (Å²) in [7, 11) is 0. The van der Waals surface area contributed by atoms with Crippen LogP contribution < -0.4 is 10.9 Å². The SMILES string of the molecule is Cc1cccc2cc(C(C)Nc3ncnc4[nH]cnc34)n(-c3cccc(F)c3)c(=O)c12. The summed E-state index contributed by atoms with van der Waals surface area (Å²) >= 11 is 0. The van der Waals surface area contributed by atoms with Gasteiger partial charge in [0.05, 0.1) is 23.4 Å². The molecule has 0 fully saturated rings. The third-order valence-corrected chi connectivity index (χ3v) is 5.36. The van der Waals surface area contributed by atoms with Gasteiger partial charge in [0.1, 0.15) is 17.7 Å². The van der Waals surface area contributed by atoms with Crippen LogP contribution in [-0.2, 0) is 0 Å². The predicted molar refractivity (Wildman–Crippen MR) is 118 cm³/mol. The third kappa shape index (κ3) is 3.22. The summed E-state index contributed by atoms with van der Waals surface area (Å²) in [6.07, 6.45) is 3.00. The fourth-order valence-electron chi connectivity index (χ4n) is 3.91. The van der Waals surface area contributed by atoms with Gasteiger partial charge < -0.3 is 10.3 Å². The molecule has 1 unspecified atom stereocenters. The quantitative estimate of drug-likeness (QED) is 0.458. The van der Waals surface area contributed by atoms with Crippen LogP contribution in [-0.4, -0.2) is 24.5 Å². The molecule has 0 amide bonds. The largest absolute Gasteiger partial charge is 0.360 e. The first kappa shape index (κ1) is 18.9. The number of hydrogen-bond donors (Lipinski definition) is 2. The van der Waals surface area contributed by atoms with Crippen molar-refractivity contribution in [3.8, 4) is 5.69 Å². The lowest BCUT2D eigenvalue weighted by Crippen LogP contribution is -2.26. The standard InChI is InChI=1S/C23H19FN6O/c1-13-5-3-6-15-9-18(14(2)29-22-20-21(26-11-25-20)27-12-28-22)30(23(31)19(13)15)17-8-4-7-16(24)10-17/h3-12,14H,1-2H3,(H2,25,26,27,28,29). The molecule has 0 bridgehead atoms. The number of rotatable bonds is 4. The van der Waals surface area contributed by atoms with E-state index in [1.54, 1.807) is 23.0 Å². The number of nitrogens with zero attached hydrogens (tertiary/aromatic N) is 4. The molecule has 0 aliphatic carbocycles. The van der Waals surface area contributed by atoms with E-state index in [2.05, 4.69) is 25.3 Å². The molecule has 8 heteroatoms. The molecular formula is C23H19FN6O. The number of aromatic nitrogens is 5. The van der Waals surface area contributed by atoms with E-state index in [1.165, 1.54) is 18.5 Å². The van der Waals surface area contributed by atoms with Crippen molar-refractivity contribution in [1.82, 2.24) is 24.5 Å². The molecule has 154 valence electrons. The Morgan fingerprint density at radius 2 is 1.94 bits per heavy atom. The van der Waals surface area contributed by atoms with Crippen molar-refractivity contribution in [3.63, 3.8) is 0 Å². The van der Waals surface area contributed by atoms with Gasteiger partial charge in [0.2, 0.25) is 0 Å². The van der Waals surface area contributed by atoms with E-state index < -0.39 is 5.82 Å². The summed E-state index contributed by atoms with van der Waals surface area (Å²) in [5, 5.41) is 4.77. The Morgan fingerprint density at radius 3 is 2.77 bits per heavy atom. The minimum Gasteiger partial charge on any atom is -0.360 e. The van der Waals surface area contributed by atoms with Gasteiger partial charge in [-0.15, -0.1) is 0 Å². The molecule has 0 saturated carbocycles. The zero-order valence-corrected chi connectivity index (χ0v) is 16.9. The molecule has 5 rings (SSSR count). The third-order valence-electron chi connectivity index (χ3n) is 5.36. The maximum atomic E-state index is 14.0. The molecule has 31 heavy (non-hydrogen) atoms. The van der Waals surface area contributed by atoms with Gasteiger partial charge in [0.25, 0.3) is 5.56 Å². The fourth-order valence-corrected chi connectivity index (χ4v) is 3.91. The number of benzene rings is 2. The number of imidazole rings is 1. The number of pyridine rings is 1. The van der Waals surface area contributed by atoms with Crippen LogP contribution in [0.5, 0.6) is 0 Å². The topological polar surface area (TPSA) is 88.5 Å². The van der Waals surface area contributed by atoms with Gasteiger partial charge in [-0.05, 0) is 49.1 Å². The number of aromatic amines is 1. The van der Waals surface area contributed by atoms with Gasteiger partial charge in [-0.3, -0.25) is 9.36 Å². The summed E-state index contributed by atoms with van der Waals surface area (Å²) in [6.45, 7) is 3.82. The molecule has 0 aliphatic heterocycles. The molecule has 3 heterocycles. The minimum absolute atomic E-state index is 0.197. The Labute approximate surface area is 176 Å². The van der Waals surface area contributed by atoms with Crippen molar-refractivity contribution in [2.75, 3.05) is 5.32 Å². The van der Waals surface area contributed by atoms with Crippen LogP contribution in [0.2, 0.25) is 0 Å². The Balaban J connectivity index is 1.72. The van der Waals surface area contributed by atoms with Crippen LogP contribution >= 0.6 is 0 Å². The van der Waals surface area contributed by atoms with Gasteiger partial charge >= 0.3 is 0 Å². The fraction of sp³-hybridized carbons (Fsp3) is 0.130. The molecule has 0 saturated heterocycles. The number of fused-ring (bicyclic) bond motifs is 2. The van der Waals surface area contributed by atoms with E-state index in [1.807, 2.05) is 38.1 Å². The number of anilines is 1. The summed E-state index contributed by atoms with van der Waals surface area (Å²) in [4.78, 5) is 29.3. The first-order valence-electron chi connectivity index (χ1n) is 9.85. The van der Waals surface area contributed by atoms with Gasteiger partial charge in [-0.1, -0.05) is 24.3 Å². The molecule has 1 atom stereocenters. The maximum absolute atomic E-state index is 14.0. The van der Waals surface area contributed by atoms with E-state index >= 15 is 0 Å². The van der Waals surface area contributed by atoms with Crippen molar-refractivity contribution in [2.24, 2.45) is 0 Å². The van der Waals surface area contributed by atoms with Gasteiger partial charge in [0, 0.05) is 5.69 Å². The number of hydrogen-bond acceptors (Lipinski definition) is 5. The molecule has 2 N–H and O–H groups in total. The normalized spacial score (nSPS) is 12.4. The summed E-state index contributed by atoms with van der Waals surface area (Å²) < 4.78 is 15.6. The average molecular weight is 414 g/mol. The van der Waals surface area contributed by atoms with Gasteiger partial charge in [0.15, 0.2) is 11.5 Å². The first-order valence-corrected chi connectivity index (χ1v) is 9.85. The zero-order valence-electron chi connectivity index (χ0n) is 16.9. The van der Waals surface area contributed by atoms with Gasteiger partial charge in [-0.2, -0.15) is 0 Å². The smallest absolute Gasteiger partial charge is 0.263 e. The molecule has 3 aromatic heterocycles. The predicted octanol–water partition coefficient (Wildman–Crippen LogP) is 4.28. The molecule has 0 aliphatic rings. The highest BCUT2D eigenvalue weighted by Crippen LogP contribution is 2.26. The number of H-pyrrole nitrogens is 1. The Hall–Kier alpha value is -4.07. The lowest BCUT2D eigenvalue weighted by atomic mass is 10.0. The molecule has 0 radical (unpaired) electrons. The van der Waals surface area contributed by atoms with Crippen molar-refractivity contribution in [3.05, 3.63) is 88.6 Å². The first-order chi connectivity index (χ1) is 15.0. The molecule has 0 spiro atoms. The Kier molecular flexibility index (Phi) is 4.47. The molecule has 5 aromatic rings. The highest BCUT2D eigenvalue weighted by Gasteiger charge is 2.19. The highest BCUT2D eigenvalue weighted by molar-refractivity contribution is 5.86. The highest BCUT2D eigenvalue weighted by atomic mass is 19.1. The monoisotopic (exact) mass is 414 g/mol. The summed E-state index contributed by atoms with van der Waals surface area (Å²) in [5.74, 6) is 0.135. The van der Waals surface area contributed by atoms with Crippen molar-refractivity contribution in [2.45, 2.75) is 19.9 Å².